The molecule has 1 radical (unpaired) electrons. The summed E-state index contributed by atoms with van der Waals surface area (Å²) in [4.78, 5) is 0. The van der Waals surface area contributed by atoms with Gasteiger partial charge in [0.05, 0.1) is 0 Å². The molecule has 0 aliphatic rings. The summed E-state index contributed by atoms with van der Waals surface area (Å²) in [7, 11) is -4.50. The molecular formula is C17H41NO3PS. The first kappa shape index (κ1) is 25.5. The highest BCUT2D eigenvalue weighted by Crippen LogP contribution is 2.60. The van der Waals surface area contributed by atoms with Crippen molar-refractivity contribution in [2.24, 2.45) is 5.73 Å². The number of hydrogen-bond acceptors (Lipinski definition) is 3. The van der Waals surface area contributed by atoms with Crippen molar-refractivity contribution in [1.29, 1.82) is 0 Å². The standard InChI is InChI=1S/C14H32P.C3H9NO3S/c1-5-9-12-15(8-4,13-10-6-2)14-11-7-3;1-2-3(4)8(5,6)7/h5-14H2,1-4H3;3H,2,4H2,1H3,(H,5,6,7). The first-order chi connectivity index (χ1) is 10.7. The molecule has 0 aromatic heterocycles. The van der Waals surface area contributed by atoms with Crippen molar-refractivity contribution in [3.8, 4) is 0 Å². The Bertz CT molecular complexity index is 339. The maximum atomic E-state index is 9.99. The summed E-state index contributed by atoms with van der Waals surface area (Å²) in [5.74, 6) is 0. The molecule has 23 heavy (non-hydrogen) atoms. The van der Waals surface area contributed by atoms with Gasteiger partial charge in [-0.15, -0.1) is 7.26 Å². The van der Waals surface area contributed by atoms with E-state index in [0.29, 0.717) is 0 Å². The van der Waals surface area contributed by atoms with Gasteiger partial charge in [-0.2, -0.15) is 8.42 Å². The van der Waals surface area contributed by atoms with Gasteiger partial charge in [0.2, 0.25) is 0 Å². The van der Waals surface area contributed by atoms with E-state index in [4.69, 9.17) is 10.3 Å². The van der Waals surface area contributed by atoms with E-state index in [2.05, 4.69) is 27.7 Å². The summed E-state index contributed by atoms with van der Waals surface area (Å²) in [5.41, 5.74) is 4.91. The fraction of sp³-hybridized carbons (Fsp3) is 1.00. The van der Waals surface area contributed by atoms with E-state index >= 15 is 0 Å². The first-order valence-electron chi connectivity index (χ1n) is 9.29. The third kappa shape index (κ3) is 13.3. The summed E-state index contributed by atoms with van der Waals surface area (Å²) in [5, 5.41) is -1.12. The zero-order chi connectivity index (χ0) is 18.4. The molecule has 0 fully saturated rings. The average Bonchev–Trinajstić information content (AvgIpc) is 2.53. The van der Waals surface area contributed by atoms with Gasteiger partial charge < -0.3 is 5.73 Å². The molecule has 0 saturated carbocycles. The average molecular weight is 371 g/mol. The molecule has 0 heterocycles. The Labute approximate surface area is 146 Å². The summed E-state index contributed by atoms with van der Waals surface area (Å²) in [6, 6.07) is 0. The maximum Gasteiger partial charge on any atom is 0.280 e. The molecule has 0 spiro atoms. The molecular weight excluding hydrogens is 329 g/mol. The summed E-state index contributed by atoms with van der Waals surface area (Å²) in [6.45, 7) is 11.0. The van der Waals surface area contributed by atoms with E-state index in [9.17, 15) is 8.42 Å². The second-order valence-corrected chi connectivity index (χ2v) is 12.6. The lowest BCUT2D eigenvalue weighted by molar-refractivity contribution is 0.466. The van der Waals surface area contributed by atoms with Crippen LogP contribution in [0.1, 0.15) is 79.6 Å². The largest absolute Gasteiger partial charge is 0.313 e. The van der Waals surface area contributed by atoms with Crippen molar-refractivity contribution in [3.63, 3.8) is 0 Å². The van der Waals surface area contributed by atoms with Crippen LogP contribution in [0, 0.1) is 0 Å². The van der Waals surface area contributed by atoms with E-state index in [1.165, 1.54) is 44.7 Å². The predicted octanol–water partition coefficient (Wildman–Crippen LogP) is 4.99. The first-order valence-corrected chi connectivity index (χ1v) is 13.3. The second-order valence-electron chi connectivity index (χ2n) is 6.35. The van der Waals surface area contributed by atoms with Crippen LogP contribution < -0.4 is 5.73 Å². The Morgan fingerprint density at radius 3 is 1.35 bits per heavy atom. The smallest absolute Gasteiger partial charge is 0.280 e. The Kier molecular flexibility index (Phi) is 16.2. The molecule has 0 amide bonds. The lowest BCUT2D eigenvalue weighted by Crippen LogP contribution is -2.28. The predicted molar refractivity (Wildman–Crippen MR) is 107 cm³/mol. The van der Waals surface area contributed by atoms with Gasteiger partial charge in [-0.3, -0.25) is 4.55 Å². The third-order valence-electron chi connectivity index (χ3n) is 4.41. The molecule has 0 aliphatic heterocycles. The monoisotopic (exact) mass is 370 g/mol. The van der Waals surface area contributed by atoms with Gasteiger partial charge in [0.25, 0.3) is 10.1 Å². The molecule has 0 rings (SSSR count). The molecule has 0 saturated heterocycles. The maximum absolute atomic E-state index is 9.99. The summed E-state index contributed by atoms with van der Waals surface area (Å²) >= 11 is 0. The van der Waals surface area contributed by atoms with Gasteiger partial charge in [-0.05, 0) is 50.3 Å². The molecule has 1 atom stereocenters. The highest BCUT2D eigenvalue weighted by molar-refractivity contribution is 7.86. The molecule has 4 nitrogen and oxygen atoms in total. The molecule has 0 aliphatic carbocycles. The molecule has 0 aromatic carbocycles. The Balaban J connectivity index is 0. The molecule has 3 N–H and O–H groups in total. The van der Waals surface area contributed by atoms with Crippen LogP contribution in [0.5, 0.6) is 0 Å². The Morgan fingerprint density at radius 2 is 1.22 bits per heavy atom. The van der Waals surface area contributed by atoms with E-state index in [1.807, 2.05) is 0 Å². The van der Waals surface area contributed by atoms with E-state index in [-0.39, 0.29) is 6.42 Å². The molecule has 143 valence electrons. The van der Waals surface area contributed by atoms with Crippen LogP contribution in [0.2, 0.25) is 0 Å². The van der Waals surface area contributed by atoms with Gasteiger partial charge in [0, 0.05) is 0 Å². The fourth-order valence-corrected chi connectivity index (χ4v) is 7.50. The minimum Gasteiger partial charge on any atom is -0.313 e. The highest BCUT2D eigenvalue weighted by atomic mass is 32.2. The van der Waals surface area contributed by atoms with E-state index < -0.39 is 22.8 Å². The lowest BCUT2D eigenvalue weighted by Gasteiger charge is -2.36. The van der Waals surface area contributed by atoms with Crippen molar-refractivity contribution in [1.82, 2.24) is 0 Å². The number of rotatable bonds is 12. The fourth-order valence-electron chi connectivity index (χ4n) is 2.50. The lowest BCUT2D eigenvalue weighted by atomic mass is 10.4. The van der Waals surface area contributed by atoms with Crippen molar-refractivity contribution in [2.75, 3.05) is 24.6 Å². The van der Waals surface area contributed by atoms with Gasteiger partial charge in [-0.1, -0.05) is 53.9 Å². The van der Waals surface area contributed by atoms with Gasteiger partial charge in [-0.25, -0.2) is 0 Å². The SMILES string of the molecule is CCC(N)S(=O)(=O)O.CCCC[P](CC)(CCCC)CCCC. The van der Waals surface area contributed by atoms with Crippen LogP contribution in [-0.4, -0.2) is 43.0 Å². The molecule has 0 aromatic rings. The van der Waals surface area contributed by atoms with Crippen LogP contribution in [0.25, 0.3) is 0 Å². The van der Waals surface area contributed by atoms with Gasteiger partial charge in [0.15, 0.2) is 0 Å². The van der Waals surface area contributed by atoms with E-state index in [0.717, 1.165) is 0 Å². The van der Waals surface area contributed by atoms with Crippen molar-refractivity contribution in [2.45, 2.75) is 84.9 Å². The second kappa shape index (κ2) is 14.6. The van der Waals surface area contributed by atoms with Crippen molar-refractivity contribution < 1.29 is 13.0 Å². The number of unbranched alkanes of at least 4 members (excludes halogenated alkanes) is 3. The zero-order valence-corrected chi connectivity index (χ0v) is 17.8. The molecule has 0 bridgehead atoms. The van der Waals surface area contributed by atoms with Gasteiger partial charge >= 0.3 is 0 Å². The molecule has 6 heteroatoms. The molecule has 1 unspecified atom stereocenters. The van der Waals surface area contributed by atoms with Gasteiger partial charge in [0.1, 0.15) is 5.37 Å². The minimum absolute atomic E-state index is 0.235. The van der Waals surface area contributed by atoms with Crippen LogP contribution in [-0.2, 0) is 10.1 Å². The minimum atomic E-state index is -3.98. The van der Waals surface area contributed by atoms with Crippen LogP contribution in [0.4, 0.5) is 0 Å². The zero-order valence-electron chi connectivity index (χ0n) is 16.1. The highest BCUT2D eigenvalue weighted by Gasteiger charge is 2.23. The number of nitrogens with two attached hydrogens (primary N) is 1. The summed E-state index contributed by atoms with van der Waals surface area (Å²) < 4.78 is 28.1. The van der Waals surface area contributed by atoms with Crippen LogP contribution >= 0.6 is 7.26 Å². The van der Waals surface area contributed by atoms with Crippen LogP contribution in [0.3, 0.4) is 0 Å². The Hall–Kier alpha value is 0.300. The summed E-state index contributed by atoms with van der Waals surface area (Å²) in [6.07, 6.45) is 15.1. The number of hydrogen-bond donors (Lipinski definition) is 2. The normalized spacial score (nSPS) is 13.3. The topological polar surface area (TPSA) is 80.4 Å². The Morgan fingerprint density at radius 1 is 0.870 bits per heavy atom. The third-order valence-corrected chi connectivity index (χ3v) is 10.6. The van der Waals surface area contributed by atoms with E-state index in [1.54, 1.807) is 25.4 Å². The van der Waals surface area contributed by atoms with Crippen molar-refractivity contribution >= 4 is 17.4 Å². The van der Waals surface area contributed by atoms with Crippen LogP contribution in [0.15, 0.2) is 0 Å². The van der Waals surface area contributed by atoms with Crippen molar-refractivity contribution in [3.05, 3.63) is 0 Å². The quantitative estimate of drug-likeness (QED) is 0.374.